The Labute approximate surface area is 224 Å². The van der Waals surface area contributed by atoms with Crippen LogP contribution in [0.3, 0.4) is 0 Å². The molecule has 5 rings (SSSR count). The SMILES string of the molecule is CC1(C)Oc2ccc(NCc3ccccc3)cc2C(OCCC2CCCCC2)C1OC(=O)c1cccs1. The predicted molar refractivity (Wildman–Crippen MR) is 148 cm³/mol. The Bertz CT molecular complexity index is 1160. The number of hydrogen-bond donors (Lipinski definition) is 1. The van der Waals surface area contributed by atoms with Gasteiger partial charge in [0.1, 0.15) is 22.3 Å². The summed E-state index contributed by atoms with van der Waals surface area (Å²) in [6, 6.07) is 20.1. The van der Waals surface area contributed by atoms with Gasteiger partial charge in [-0.2, -0.15) is 0 Å². The van der Waals surface area contributed by atoms with E-state index < -0.39 is 17.8 Å². The van der Waals surface area contributed by atoms with Gasteiger partial charge in [0, 0.05) is 24.4 Å². The minimum Gasteiger partial charge on any atom is -0.483 e. The number of carbonyl (C=O) groups is 1. The van der Waals surface area contributed by atoms with E-state index in [9.17, 15) is 4.79 Å². The standard InChI is InChI=1S/C31H37NO4S/c1-31(2)29(35-30(33)27-14-9-19-37-27)28(34-18-17-22-10-5-3-6-11-22)25-20-24(15-16-26(25)36-31)32-21-23-12-7-4-8-13-23/h4,7-9,12-16,19-20,22,28-29,32H,3,5-6,10-11,17-18,21H2,1-2H3. The van der Waals surface area contributed by atoms with Crippen molar-refractivity contribution in [2.45, 2.75) is 76.7 Å². The Balaban J connectivity index is 1.38. The van der Waals surface area contributed by atoms with E-state index in [1.807, 2.05) is 55.6 Å². The lowest BCUT2D eigenvalue weighted by Gasteiger charge is -2.44. The van der Waals surface area contributed by atoms with Crippen molar-refractivity contribution in [3.63, 3.8) is 0 Å². The first kappa shape index (κ1) is 25.8. The van der Waals surface area contributed by atoms with Crippen LogP contribution in [-0.4, -0.2) is 24.3 Å². The quantitative estimate of drug-likeness (QED) is 0.293. The molecule has 1 aliphatic carbocycles. The van der Waals surface area contributed by atoms with E-state index in [0.29, 0.717) is 17.4 Å². The van der Waals surface area contributed by atoms with Crippen molar-refractivity contribution in [3.8, 4) is 5.75 Å². The molecule has 0 saturated heterocycles. The number of nitrogens with one attached hydrogen (secondary N) is 1. The monoisotopic (exact) mass is 519 g/mol. The normalized spacial score (nSPS) is 21.0. The van der Waals surface area contributed by atoms with Gasteiger partial charge in [0.15, 0.2) is 6.10 Å². The number of fused-ring (bicyclic) bond motifs is 1. The van der Waals surface area contributed by atoms with Crippen molar-refractivity contribution in [1.82, 2.24) is 0 Å². The second kappa shape index (κ2) is 11.7. The first-order valence-corrected chi connectivity index (χ1v) is 14.3. The second-order valence-corrected chi connectivity index (χ2v) is 11.6. The number of carbonyl (C=O) groups excluding carboxylic acids is 1. The van der Waals surface area contributed by atoms with E-state index in [-0.39, 0.29) is 5.97 Å². The molecule has 1 N–H and O–H groups in total. The molecule has 0 amide bonds. The van der Waals surface area contributed by atoms with Gasteiger partial charge in [0.25, 0.3) is 0 Å². The van der Waals surface area contributed by atoms with Crippen molar-refractivity contribution in [1.29, 1.82) is 0 Å². The van der Waals surface area contributed by atoms with Crippen LogP contribution in [0.5, 0.6) is 5.75 Å². The fraction of sp³-hybridized carbons (Fsp3) is 0.452. The minimum atomic E-state index is -0.742. The zero-order valence-corrected chi connectivity index (χ0v) is 22.6. The molecule has 2 heterocycles. The number of hydrogen-bond acceptors (Lipinski definition) is 6. The molecule has 0 spiro atoms. The summed E-state index contributed by atoms with van der Waals surface area (Å²) >= 11 is 1.38. The molecule has 37 heavy (non-hydrogen) atoms. The lowest BCUT2D eigenvalue weighted by molar-refractivity contribution is -0.141. The van der Waals surface area contributed by atoms with E-state index in [4.69, 9.17) is 14.2 Å². The number of ether oxygens (including phenoxy) is 3. The summed E-state index contributed by atoms with van der Waals surface area (Å²) in [5.41, 5.74) is 2.37. The van der Waals surface area contributed by atoms with E-state index in [1.165, 1.54) is 49.0 Å². The van der Waals surface area contributed by atoms with Gasteiger partial charge >= 0.3 is 5.97 Å². The van der Waals surface area contributed by atoms with Gasteiger partial charge in [-0.15, -0.1) is 11.3 Å². The van der Waals surface area contributed by atoms with Crippen LogP contribution in [0.15, 0.2) is 66.0 Å². The molecule has 5 nitrogen and oxygen atoms in total. The molecule has 1 fully saturated rings. The molecule has 1 aromatic heterocycles. The smallest absolute Gasteiger partial charge is 0.348 e. The largest absolute Gasteiger partial charge is 0.483 e. The van der Waals surface area contributed by atoms with E-state index >= 15 is 0 Å². The predicted octanol–water partition coefficient (Wildman–Crippen LogP) is 7.78. The summed E-state index contributed by atoms with van der Waals surface area (Å²) in [6.07, 6.45) is 6.58. The molecule has 1 aliphatic heterocycles. The minimum absolute atomic E-state index is 0.334. The zero-order chi connectivity index (χ0) is 25.7. The van der Waals surface area contributed by atoms with Crippen molar-refractivity contribution in [3.05, 3.63) is 82.0 Å². The summed E-state index contributed by atoms with van der Waals surface area (Å²) in [5.74, 6) is 1.16. The Morgan fingerprint density at radius 3 is 2.62 bits per heavy atom. The van der Waals surface area contributed by atoms with Crippen molar-refractivity contribution < 1.29 is 19.0 Å². The van der Waals surface area contributed by atoms with Crippen LogP contribution in [-0.2, 0) is 16.0 Å². The van der Waals surface area contributed by atoms with Crippen LogP contribution in [0.2, 0.25) is 0 Å². The highest BCUT2D eigenvalue weighted by atomic mass is 32.1. The van der Waals surface area contributed by atoms with Gasteiger partial charge in [-0.05, 0) is 61.4 Å². The molecule has 6 heteroatoms. The van der Waals surface area contributed by atoms with Gasteiger partial charge in [-0.25, -0.2) is 4.79 Å². The maximum absolute atomic E-state index is 13.0. The molecular weight excluding hydrogens is 482 g/mol. The van der Waals surface area contributed by atoms with E-state index in [1.54, 1.807) is 6.07 Å². The Morgan fingerprint density at radius 1 is 1.05 bits per heavy atom. The molecule has 0 bridgehead atoms. The maximum atomic E-state index is 13.0. The molecule has 0 radical (unpaired) electrons. The summed E-state index contributed by atoms with van der Waals surface area (Å²) < 4.78 is 19.2. The fourth-order valence-electron chi connectivity index (χ4n) is 5.43. The fourth-order valence-corrected chi connectivity index (χ4v) is 6.03. The van der Waals surface area contributed by atoms with Gasteiger partial charge < -0.3 is 19.5 Å². The number of thiophene rings is 1. The Hall–Kier alpha value is -2.83. The lowest BCUT2D eigenvalue weighted by Crippen LogP contribution is -2.51. The highest BCUT2D eigenvalue weighted by molar-refractivity contribution is 7.11. The highest BCUT2D eigenvalue weighted by Gasteiger charge is 2.47. The van der Waals surface area contributed by atoms with Crippen LogP contribution in [0.4, 0.5) is 5.69 Å². The van der Waals surface area contributed by atoms with Gasteiger partial charge in [-0.1, -0.05) is 68.5 Å². The van der Waals surface area contributed by atoms with Crippen LogP contribution in [0.1, 0.15) is 79.3 Å². The summed E-state index contributed by atoms with van der Waals surface area (Å²) in [4.78, 5) is 13.6. The van der Waals surface area contributed by atoms with E-state index in [2.05, 4.69) is 23.5 Å². The summed E-state index contributed by atoms with van der Waals surface area (Å²) in [5, 5.41) is 5.41. The molecule has 196 valence electrons. The van der Waals surface area contributed by atoms with Crippen LogP contribution >= 0.6 is 11.3 Å². The number of anilines is 1. The van der Waals surface area contributed by atoms with Crippen LogP contribution < -0.4 is 10.1 Å². The molecule has 2 aliphatic rings. The highest BCUT2D eigenvalue weighted by Crippen LogP contribution is 2.45. The second-order valence-electron chi connectivity index (χ2n) is 10.7. The lowest BCUT2D eigenvalue weighted by atomic mass is 9.86. The molecule has 2 aromatic carbocycles. The molecule has 2 unspecified atom stereocenters. The Morgan fingerprint density at radius 2 is 1.86 bits per heavy atom. The maximum Gasteiger partial charge on any atom is 0.348 e. The molecular formula is C31H37NO4S. The number of esters is 1. The number of benzene rings is 2. The molecule has 1 saturated carbocycles. The van der Waals surface area contributed by atoms with Crippen LogP contribution in [0, 0.1) is 5.92 Å². The first-order valence-electron chi connectivity index (χ1n) is 13.5. The average Bonchev–Trinajstić information content (AvgIpc) is 3.45. The van der Waals surface area contributed by atoms with Gasteiger partial charge in [-0.3, -0.25) is 0 Å². The zero-order valence-electron chi connectivity index (χ0n) is 21.8. The van der Waals surface area contributed by atoms with Crippen molar-refractivity contribution >= 4 is 23.0 Å². The Kier molecular flexibility index (Phi) is 8.16. The molecule has 3 aromatic rings. The van der Waals surface area contributed by atoms with Gasteiger partial charge in [0.2, 0.25) is 0 Å². The number of rotatable bonds is 9. The van der Waals surface area contributed by atoms with E-state index in [0.717, 1.165) is 30.0 Å². The molecule has 2 atom stereocenters. The third kappa shape index (κ3) is 6.36. The third-order valence-electron chi connectivity index (χ3n) is 7.49. The van der Waals surface area contributed by atoms with Gasteiger partial charge in [0.05, 0.1) is 0 Å². The summed E-state index contributed by atoms with van der Waals surface area (Å²) in [7, 11) is 0. The first-order chi connectivity index (χ1) is 18.0. The van der Waals surface area contributed by atoms with Crippen LogP contribution in [0.25, 0.3) is 0 Å². The van der Waals surface area contributed by atoms with Crippen molar-refractivity contribution in [2.24, 2.45) is 5.92 Å². The summed E-state index contributed by atoms with van der Waals surface area (Å²) in [6.45, 7) is 5.30. The third-order valence-corrected chi connectivity index (χ3v) is 8.34. The topological polar surface area (TPSA) is 56.8 Å². The van der Waals surface area contributed by atoms with Crippen molar-refractivity contribution in [2.75, 3.05) is 11.9 Å². The average molecular weight is 520 g/mol.